The van der Waals surface area contributed by atoms with Gasteiger partial charge in [0.1, 0.15) is 0 Å². The highest BCUT2D eigenvalue weighted by Crippen LogP contribution is 2.18. The van der Waals surface area contributed by atoms with Crippen LogP contribution in [0.25, 0.3) is 0 Å². The van der Waals surface area contributed by atoms with Gasteiger partial charge in [-0.15, -0.1) is 0 Å². The van der Waals surface area contributed by atoms with Crippen molar-refractivity contribution in [2.45, 2.75) is 66.3 Å². The average molecular weight is 231 g/mol. The van der Waals surface area contributed by atoms with Crippen molar-refractivity contribution in [1.82, 2.24) is 0 Å². The molecule has 0 radical (unpaired) electrons. The van der Waals surface area contributed by atoms with Crippen LogP contribution >= 0.6 is 0 Å². The first-order valence-electron chi connectivity index (χ1n) is 6.14. The fourth-order valence-corrected chi connectivity index (χ4v) is 0.882. The van der Waals surface area contributed by atoms with Crippen molar-refractivity contribution in [3.05, 3.63) is 0 Å². The maximum atomic E-state index is 9.70. The summed E-state index contributed by atoms with van der Waals surface area (Å²) in [7, 11) is 0. The Balaban J connectivity index is 0. The molecule has 0 fully saturated rings. The third kappa shape index (κ3) is 11.5. The largest absolute Gasteiger partial charge is 0.481 e. The quantitative estimate of drug-likeness (QED) is 0.763. The summed E-state index contributed by atoms with van der Waals surface area (Å²) in [5, 5.41) is 7.99. The number of rotatable bonds is 5. The molecule has 0 aliphatic rings. The summed E-state index contributed by atoms with van der Waals surface area (Å²) in [6, 6.07) is 0. The van der Waals surface area contributed by atoms with Crippen LogP contribution in [0.4, 0.5) is 0 Å². The van der Waals surface area contributed by atoms with Crippen molar-refractivity contribution in [3.8, 4) is 0 Å². The van der Waals surface area contributed by atoms with Gasteiger partial charge in [-0.3, -0.25) is 4.79 Å². The van der Waals surface area contributed by atoms with Gasteiger partial charge in [0.2, 0.25) is 0 Å². The van der Waals surface area contributed by atoms with Gasteiger partial charge < -0.3 is 10.8 Å². The summed E-state index contributed by atoms with van der Waals surface area (Å²) in [4.78, 5) is 9.70. The molecule has 0 bridgehead atoms. The fourth-order valence-electron chi connectivity index (χ4n) is 0.882. The Morgan fingerprint density at radius 2 is 1.69 bits per heavy atom. The van der Waals surface area contributed by atoms with Gasteiger partial charge in [-0.2, -0.15) is 0 Å². The van der Waals surface area contributed by atoms with Crippen molar-refractivity contribution in [1.29, 1.82) is 0 Å². The van der Waals surface area contributed by atoms with Crippen LogP contribution in [0.1, 0.15) is 60.8 Å². The Kier molecular flexibility index (Phi) is 9.54. The van der Waals surface area contributed by atoms with Crippen LogP contribution < -0.4 is 5.73 Å². The molecule has 3 N–H and O–H groups in total. The van der Waals surface area contributed by atoms with E-state index in [9.17, 15) is 4.79 Å². The topological polar surface area (TPSA) is 63.3 Å². The Morgan fingerprint density at radius 1 is 1.31 bits per heavy atom. The van der Waals surface area contributed by atoms with E-state index < -0.39 is 5.97 Å². The van der Waals surface area contributed by atoms with E-state index >= 15 is 0 Å². The zero-order chi connectivity index (χ0) is 13.4. The monoisotopic (exact) mass is 231 g/mol. The van der Waals surface area contributed by atoms with Gasteiger partial charge in [-0.05, 0) is 26.2 Å². The smallest absolute Gasteiger partial charge is 0.305 e. The standard InChI is InChI=1S/C9H21N.C4H8O2/c1-5-6-7-8(2)9(3,4)10;1-3(2)4(5)6/h8H,5-7,10H2,1-4H3;3H,1-2H3,(H,5,6). The van der Waals surface area contributed by atoms with Gasteiger partial charge in [-0.1, -0.05) is 40.5 Å². The van der Waals surface area contributed by atoms with E-state index in [-0.39, 0.29) is 11.5 Å². The Bertz CT molecular complexity index is 183. The van der Waals surface area contributed by atoms with Gasteiger partial charge in [-0.25, -0.2) is 0 Å². The van der Waals surface area contributed by atoms with E-state index in [0.29, 0.717) is 5.92 Å². The predicted molar refractivity (Wildman–Crippen MR) is 69.4 cm³/mol. The third-order valence-corrected chi connectivity index (χ3v) is 2.75. The van der Waals surface area contributed by atoms with Crippen molar-refractivity contribution < 1.29 is 9.90 Å². The van der Waals surface area contributed by atoms with E-state index in [2.05, 4.69) is 27.7 Å². The molecule has 0 aromatic rings. The van der Waals surface area contributed by atoms with Gasteiger partial charge in [0.15, 0.2) is 0 Å². The van der Waals surface area contributed by atoms with Crippen LogP contribution in [0, 0.1) is 11.8 Å². The number of carbonyl (C=O) groups is 1. The first-order chi connectivity index (χ1) is 7.12. The van der Waals surface area contributed by atoms with E-state index in [1.807, 2.05) is 0 Å². The van der Waals surface area contributed by atoms with Crippen molar-refractivity contribution in [2.75, 3.05) is 0 Å². The summed E-state index contributed by atoms with van der Waals surface area (Å²) >= 11 is 0. The highest BCUT2D eigenvalue weighted by Gasteiger charge is 2.18. The molecule has 1 unspecified atom stereocenters. The summed E-state index contributed by atoms with van der Waals surface area (Å²) in [6.07, 6.45) is 3.85. The predicted octanol–water partition coefficient (Wildman–Crippen LogP) is 3.28. The minimum atomic E-state index is -0.741. The molecule has 0 heterocycles. The van der Waals surface area contributed by atoms with Crippen LogP contribution in [0.2, 0.25) is 0 Å². The fraction of sp³-hybridized carbons (Fsp3) is 0.923. The van der Waals surface area contributed by atoms with Crippen LogP contribution in [0.15, 0.2) is 0 Å². The number of hydrogen-bond acceptors (Lipinski definition) is 2. The molecule has 3 nitrogen and oxygen atoms in total. The molecular weight excluding hydrogens is 202 g/mol. The molecule has 98 valence electrons. The van der Waals surface area contributed by atoms with E-state index in [1.165, 1.54) is 19.3 Å². The molecule has 0 aliphatic heterocycles. The average Bonchev–Trinajstić information content (AvgIpc) is 2.13. The lowest BCUT2D eigenvalue weighted by molar-refractivity contribution is -0.140. The minimum Gasteiger partial charge on any atom is -0.481 e. The van der Waals surface area contributed by atoms with Crippen LogP contribution in [0.5, 0.6) is 0 Å². The molecule has 0 rings (SSSR count). The number of hydrogen-bond donors (Lipinski definition) is 2. The lowest BCUT2D eigenvalue weighted by Crippen LogP contribution is -2.39. The number of carboxylic acid groups (broad SMARTS) is 1. The molecular formula is C13H29NO2. The zero-order valence-corrected chi connectivity index (χ0v) is 11.7. The summed E-state index contributed by atoms with van der Waals surface area (Å²) in [5.41, 5.74) is 5.93. The third-order valence-electron chi connectivity index (χ3n) is 2.75. The maximum absolute atomic E-state index is 9.70. The zero-order valence-electron chi connectivity index (χ0n) is 11.7. The SMILES string of the molecule is CC(C)C(=O)O.CCCCC(C)C(C)(C)N. The van der Waals surface area contributed by atoms with Gasteiger partial charge in [0.25, 0.3) is 0 Å². The van der Waals surface area contributed by atoms with E-state index in [1.54, 1.807) is 13.8 Å². The number of carboxylic acids is 1. The molecule has 1 atom stereocenters. The molecule has 0 saturated carbocycles. The second-order valence-electron chi connectivity index (χ2n) is 5.36. The van der Waals surface area contributed by atoms with Crippen LogP contribution in [-0.4, -0.2) is 16.6 Å². The van der Waals surface area contributed by atoms with Gasteiger partial charge >= 0.3 is 5.97 Å². The second-order valence-corrected chi connectivity index (χ2v) is 5.36. The summed E-state index contributed by atoms with van der Waals surface area (Å²) < 4.78 is 0. The highest BCUT2D eigenvalue weighted by molar-refractivity contribution is 5.68. The molecule has 0 aromatic heterocycles. The highest BCUT2D eigenvalue weighted by atomic mass is 16.4. The molecule has 0 saturated heterocycles. The summed E-state index contributed by atoms with van der Waals surface area (Å²) in [6.45, 7) is 11.9. The number of unbranched alkanes of at least 4 members (excludes halogenated alkanes) is 1. The second kappa shape index (κ2) is 8.57. The van der Waals surface area contributed by atoms with Crippen molar-refractivity contribution >= 4 is 5.97 Å². The first-order valence-corrected chi connectivity index (χ1v) is 6.14. The maximum Gasteiger partial charge on any atom is 0.305 e. The molecule has 0 aliphatic carbocycles. The molecule has 3 heteroatoms. The molecule has 0 amide bonds. The normalized spacial score (nSPS) is 13.0. The number of nitrogens with two attached hydrogens (primary N) is 1. The minimum absolute atomic E-state index is 0.00910. The van der Waals surface area contributed by atoms with Crippen molar-refractivity contribution in [2.24, 2.45) is 17.6 Å². The Labute approximate surface area is 100 Å². The number of aliphatic carboxylic acids is 1. The molecule has 0 aromatic carbocycles. The van der Waals surface area contributed by atoms with Gasteiger partial charge in [0.05, 0.1) is 5.92 Å². The molecule has 16 heavy (non-hydrogen) atoms. The van der Waals surface area contributed by atoms with Crippen LogP contribution in [-0.2, 0) is 4.79 Å². The van der Waals surface area contributed by atoms with E-state index in [4.69, 9.17) is 10.8 Å². The van der Waals surface area contributed by atoms with Crippen molar-refractivity contribution in [3.63, 3.8) is 0 Å². The lowest BCUT2D eigenvalue weighted by atomic mass is 9.86. The van der Waals surface area contributed by atoms with Crippen LogP contribution in [0.3, 0.4) is 0 Å². The Hall–Kier alpha value is -0.570. The molecule has 0 spiro atoms. The summed E-state index contributed by atoms with van der Waals surface area (Å²) in [5.74, 6) is -0.326. The first kappa shape index (κ1) is 17.8. The Morgan fingerprint density at radius 3 is 1.88 bits per heavy atom. The van der Waals surface area contributed by atoms with Gasteiger partial charge in [0, 0.05) is 5.54 Å². The van der Waals surface area contributed by atoms with E-state index in [0.717, 1.165) is 0 Å². The lowest BCUT2D eigenvalue weighted by Gasteiger charge is -2.26.